The molecule has 0 saturated carbocycles. The van der Waals surface area contributed by atoms with Gasteiger partial charge in [-0.05, 0) is 39.3 Å². The van der Waals surface area contributed by atoms with Gasteiger partial charge in [0.1, 0.15) is 5.69 Å². The van der Waals surface area contributed by atoms with Crippen molar-refractivity contribution >= 4 is 11.6 Å². The molecule has 0 aliphatic rings. The molecular formula is C24H25N3O3. The summed E-state index contributed by atoms with van der Waals surface area (Å²) in [4.78, 5) is 17.2. The summed E-state index contributed by atoms with van der Waals surface area (Å²) < 4.78 is 7.27. The minimum Gasteiger partial charge on any atom is -0.481 e. The third-order valence-corrected chi connectivity index (χ3v) is 5.66. The highest BCUT2D eigenvalue weighted by molar-refractivity contribution is 5.85. The Balaban J connectivity index is 2.10. The van der Waals surface area contributed by atoms with Crippen molar-refractivity contribution in [2.75, 3.05) is 0 Å². The zero-order chi connectivity index (χ0) is 21.5. The first-order chi connectivity index (χ1) is 14.3. The topological polar surface area (TPSA) is 80.6 Å². The number of carboxylic acid groups (broad SMARTS) is 1. The average molecular weight is 403 g/mol. The van der Waals surface area contributed by atoms with Crippen LogP contribution in [-0.4, -0.2) is 25.7 Å². The standard InChI is InChI=1S/C24H25N3O3/c1-5-12-24(4,23(28)29)21-16(3)25-20-14-18(19-7-6-13-30-19)26-27(20)22(21)17-10-8-15(2)9-11-17/h6-11,13-14H,5,12H2,1-4H3,(H,28,29). The van der Waals surface area contributed by atoms with Crippen LogP contribution in [0.3, 0.4) is 0 Å². The van der Waals surface area contributed by atoms with E-state index in [0.29, 0.717) is 34.8 Å². The Morgan fingerprint density at radius 3 is 2.53 bits per heavy atom. The number of nitrogens with zero attached hydrogens (tertiary/aromatic N) is 3. The van der Waals surface area contributed by atoms with Crippen LogP contribution in [0.25, 0.3) is 28.4 Å². The summed E-state index contributed by atoms with van der Waals surface area (Å²) in [6.45, 7) is 7.68. The fraction of sp³-hybridized carbons (Fsp3) is 0.292. The zero-order valence-electron chi connectivity index (χ0n) is 17.6. The maximum Gasteiger partial charge on any atom is 0.313 e. The molecule has 1 N–H and O–H groups in total. The van der Waals surface area contributed by atoms with Crippen molar-refractivity contribution in [3.8, 4) is 22.7 Å². The van der Waals surface area contributed by atoms with Crippen molar-refractivity contribution in [2.24, 2.45) is 0 Å². The van der Waals surface area contributed by atoms with Crippen molar-refractivity contribution in [1.82, 2.24) is 14.6 Å². The van der Waals surface area contributed by atoms with E-state index in [9.17, 15) is 9.90 Å². The first-order valence-corrected chi connectivity index (χ1v) is 10.1. The van der Waals surface area contributed by atoms with Gasteiger partial charge in [0.05, 0.1) is 17.4 Å². The summed E-state index contributed by atoms with van der Waals surface area (Å²) in [5.74, 6) is -0.218. The largest absolute Gasteiger partial charge is 0.481 e. The van der Waals surface area contributed by atoms with Crippen LogP contribution in [0.15, 0.2) is 53.1 Å². The van der Waals surface area contributed by atoms with E-state index in [-0.39, 0.29) is 0 Å². The number of hydrogen-bond donors (Lipinski definition) is 1. The predicted octanol–water partition coefficient (Wildman–Crippen LogP) is 5.42. The Hall–Kier alpha value is -3.41. The van der Waals surface area contributed by atoms with E-state index in [4.69, 9.17) is 14.5 Å². The molecule has 4 rings (SSSR count). The maximum atomic E-state index is 12.5. The number of carbonyl (C=O) groups is 1. The Morgan fingerprint density at radius 1 is 1.20 bits per heavy atom. The van der Waals surface area contributed by atoms with E-state index in [0.717, 1.165) is 23.2 Å². The molecule has 3 heterocycles. The van der Waals surface area contributed by atoms with Crippen LogP contribution in [0, 0.1) is 13.8 Å². The second kappa shape index (κ2) is 7.44. The fourth-order valence-electron chi connectivity index (χ4n) is 4.14. The number of aryl methyl sites for hydroxylation is 2. The highest BCUT2D eigenvalue weighted by Crippen LogP contribution is 2.39. The molecule has 0 aliphatic heterocycles. The van der Waals surface area contributed by atoms with Gasteiger partial charge in [-0.3, -0.25) is 4.79 Å². The van der Waals surface area contributed by atoms with E-state index >= 15 is 0 Å². The quantitative estimate of drug-likeness (QED) is 0.465. The van der Waals surface area contributed by atoms with Crippen molar-refractivity contribution in [3.63, 3.8) is 0 Å². The number of aromatic nitrogens is 3. The molecule has 0 saturated heterocycles. The lowest BCUT2D eigenvalue weighted by atomic mass is 9.76. The monoisotopic (exact) mass is 403 g/mol. The molecule has 30 heavy (non-hydrogen) atoms. The number of fused-ring (bicyclic) bond motifs is 1. The Labute approximate surface area is 175 Å². The van der Waals surface area contributed by atoms with Gasteiger partial charge < -0.3 is 9.52 Å². The van der Waals surface area contributed by atoms with Crippen LogP contribution in [0.4, 0.5) is 0 Å². The number of furan rings is 1. The summed E-state index contributed by atoms with van der Waals surface area (Å²) in [7, 11) is 0. The van der Waals surface area contributed by atoms with E-state index in [1.165, 1.54) is 0 Å². The SMILES string of the molecule is CCCC(C)(C(=O)O)c1c(C)nc2cc(-c3ccco3)nn2c1-c1ccc(C)cc1. The minimum atomic E-state index is -1.09. The van der Waals surface area contributed by atoms with Crippen molar-refractivity contribution in [2.45, 2.75) is 46.0 Å². The molecule has 0 spiro atoms. The Bertz CT molecular complexity index is 1210. The van der Waals surface area contributed by atoms with Crippen molar-refractivity contribution in [1.29, 1.82) is 0 Å². The zero-order valence-corrected chi connectivity index (χ0v) is 17.6. The molecule has 1 aromatic carbocycles. The van der Waals surface area contributed by atoms with Gasteiger partial charge in [0.25, 0.3) is 0 Å². The highest BCUT2D eigenvalue weighted by atomic mass is 16.4. The summed E-state index contributed by atoms with van der Waals surface area (Å²) in [5, 5.41) is 15.0. The Morgan fingerprint density at radius 2 is 1.93 bits per heavy atom. The molecule has 4 aromatic rings. The molecular weight excluding hydrogens is 378 g/mol. The van der Waals surface area contributed by atoms with E-state index < -0.39 is 11.4 Å². The molecule has 0 fully saturated rings. The minimum absolute atomic E-state index is 0.502. The van der Waals surface area contributed by atoms with Crippen LogP contribution in [0.5, 0.6) is 0 Å². The van der Waals surface area contributed by atoms with E-state index in [1.807, 2.05) is 63.2 Å². The number of hydrogen-bond acceptors (Lipinski definition) is 4. The summed E-state index contributed by atoms with van der Waals surface area (Å²) in [6, 6.07) is 13.6. The molecule has 0 aliphatic carbocycles. The second-order valence-corrected chi connectivity index (χ2v) is 7.95. The van der Waals surface area contributed by atoms with Gasteiger partial charge in [0, 0.05) is 22.9 Å². The van der Waals surface area contributed by atoms with Crippen molar-refractivity contribution < 1.29 is 14.3 Å². The molecule has 1 unspecified atom stereocenters. The maximum absolute atomic E-state index is 12.5. The molecule has 0 radical (unpaired) electrons. The fourth-order valence-corrected chi connectivity index (χ4v) is 4.14. The van der Waals surface area contributed by atoms with E-state index in [1.54, 1.807) is 17.7 Å². The summed E-state index contributed by atoms with van der Waals surface area (Å²) in [5.41, 5.74) is 4.42. The molecule has 154 valence electrons. The number of carboxylic acids is 1. The van der Waals surface area contributed by atoms with Gasteiger partial charge in [-0.2, -0.15) is 5.10 Å². The normalized spacial score (nSPS) is 13.5. The van der Waals surface area contributed by atoms with E-state index in [2.05, 4.69) is 0 Å². The lowest BCUT2D eigenvalue weighted by molar-refractivity contribution is -0.143. The van der Waals surface area contributed by atoms with Gasteiger partial charge in [-0.25, -0.2) is 9.50 Å². The van der Waals surface area contributed by atoms with Crippen LogP contribution in [0.1, 0.15) is 43.5 Å². The van der Waals surface area contributed by atoms with Crippen molar-refractivity contribution in [3.05, 3.63) is 65.5 Å². The molecule has 1 atom stereocenters. The third-order valence-electron chi connectivity index (χ3n) is 5.66. The number of aliphatic carboxylic acids is 1. The Kier molecular flexibility index (Phi) is 4.94. The average Bonchev–Trinajstić information content (AvgIpc) is 3.37. The van der Waals surface area contributed by atoms with Gasteiger partial charge in [0.2, 0.25) is 0 Å². The third kappa shape index (κ3) is 3.18. The highest BCUT2D eigenvalue weighted by Gasteiger charge is 2.39. The van der Waals surface area contributed by atoms with Crippen LogP contribution in [-0.2, 0) is 10.2 Å². The van der Waals surface area contributed by atoms with Gasteiger partial charge >= 0.3 is 5.97 Å². The van der Waals surface area contributed by atoms with Gasteiger partial charge in [-0.1, -0.05) is 43.2 Å². The molecule has 6 nitrogen and oxygen atoms in total. The first-order valence-electron chi connectivity index (χ1n) is 10.1. The van der Waals surface area contributed by atoms with Crippen LogP contribution >= 0.6 is 0 Å². The van der Waals surface area contributed by atoms with Gasteiger partial charge in [-0.15, -0.1) is 0 Å². The summed E-state index contributed by atoms with van der Waals surface area (Å²) in [6.07, 6.45) is 2.85. The summed E-state index contributed by atoms with van der Waals surface area (Å²) >= 11 is 0. The number of benzene rings is 1. The predicted molar refractivity (Wildman–Crippen MR) is 115 cm³/mol. The second-order valence-electron chi connectivity index (χ2n) is 7.95. The van der Waals surface area contributed by atoms with Crippen LogP contribution < -0.4 is 0 Å². The number of rotatable bonds is 6. The van der Waals surface area contributed by atoms with Crippen LogP contribution in [0.2, 0.25) is 0 Å². The lowest BCUT2D eigenvalue weighted by Gasteiger charge is -2.29. The molecule has 6 heteroatoms. The molecule has 0 bridgehead atoms. The molecule has 0 amide bonds. The smallest absolute Gasteiger partial charge is 0.313 e. The van der Waals surface area contributed by atoms with Gasteiger partial charge in [0.15, 0.2) is 11.4 Å². The first kappa shape index (κ1) is 19.9. The lowest BCUT2D eigenvalue weighted by Crippen LogP contribution is -2.34. The molecule has 3 aromatic heterocycles.